The van der Waals surface area contributed by atoms with Crippen molar-refractivity contribution in [2.45, 2.75) is 89.3 Å². The first kappa shape index (κ1) is 14.3. The van der Waals surface area contributed by atoms with Crippen molar-refractivity contribution in [2.75, 3.05) is 6.61 Å². The summed E-state index contributed by atoms with van der Waals surface area (Å²) in [5, 5.41) is 11.4. The molecule has 0 saturated carbocycles. The Labute approximate surface area is 111 Å². The number of hydrogen-bond donors (Lipinski definition) is 1. The first-order valence-electron chi connectivity index (χ1n) is 7.91. The van der Waals surface area contributed by atoms with Crippen LogP contribution in [-0.4, -0.2) is 35.0 Å². The number of fused-ring (bicyclic) bond motifs is 2. The van der Waals surface area contributed by atoms with Gasteiger partial charge in [-0.3, -0.25) is 4.84 Å². The van der Waals surface area contributed by atoms with E-state index in [9.17, 15) is 5.11 Å². The van der Waals surface area contributed by atoms with Gasteiger partial charge in [0.1, 0.15) is 0 Å². The Morgan fingerprint density at radius 2 is 1.67 bits per heavy atom. The molecule has 0 spiro atoms. The summed E-state index contributed by atoms with van der Waals surface area (Å²) in [6.07, 6.45) is 13.5. The minimum absolute atomic E-state index is 0.254. The van der Waals surface area contributed by atoms with Crippen molar-refractivity contribution in [3.8, 4) is 0 Å². The molecular weight excluding hydrogens is 226 g/mol. The molecular formula is C15H29NO2. The van der Waals surface area contributed by atoms with Crippen molar-refractivity contribution < 1.29 is 9.94 Å². The fourth-order valence-electron chi connectivity index (χ4n) is 3.38. The maximum absolute atomic E-state index is 9.28. The minimum Gasteiger partial charge on any atom is -0.395 e. The van der Waals surface area contributed by atoms with Crippen LogP contribution < -0.4 is 0 Å². The van der Waals surface area contributed by atoms with Gasteiger partial charge in [0, 0.05) is 6.04 Å². The number of unbranched alkanes of at least 4 members (excludes halogenated alkanes) is 6. The number of aliphatic hydroxyl groups is 1. The third-order valence-corrected chi connectivity index (χ3v) is 4.41. The predicted octanol–water partition coefficient (Wildman–Crippen LogP) is 3.27. The van der Waals surface area contributed by atoms with E-state index in [1.807, 2.05) is 0 Å². The van der Waals surface area contributed by atoms with Crippen LogP contribution in [0, 0.1) is 0 Å². The summed E-state index contributed by atoms with van der Waals surface area (Å²) in [6.45, 7) is 2.52. The van der Waals surface area contributed by atoms with E-state index < -0.39 is 0 Å². The summed E-state index contributed by atoms with van der Waals surface area (Å²) in [5.41, 5.74) is 0. The third-order valence-electron chi connectivity index (χ3n) is 4.41. The summed E-state index contributed by atoms with van der Waals surface area (Å²) in [5.74, 6) is 0. The van der Waals surface area contributed by atoms with Gasteiger partial charge in [-0.2, -0.15) is 5.06 Å². The zero-order valence-corrected chi connectivity index (χ0v) is 11.8. The van der Waals surface area contributed by atoms with Crippen molar-refractivity contribution in [3.05, 3.63) is 0 Å². The van der Waals surface area contributed by atoms with Crippen LogP contribution >= 0.6 is 0 Å². The number of rotatable bonds is 9. The van der Waals surface area contributed by atoms with Crippen LogP contribution in [-0.2, 0) is 4.84 Å². The van der Waals surface area contributed by atoms with E-state index in [1.54, 1.807) is 0 Å². The third kappa shape index (κ3) is 3.69. The van der Waals surface area contributed by atoms with E-state index in [0.29, 0.717) is 12.1 Å². The molecule has 3 heteroatoms. The normalized spacial score (nSPS) is 34.3. The average molecular weight is 255 g/mol. The van der Waals surface area contributed by atoms with E-state index in [4.69, 9.17) is 4.84 Å². The molecule has 0 aromatic heterocycles. The second-order valence-corrected chi connectivity index (χ2v) is 5.96. The summed E-state index contributed by atoms with van der Waals surface area (Å²) < 4.78 is 0. The lowest BCUT2D eigenvalue weighted by Gasteiger charge is -2.27. The number of hydrogen-bond acceptors (Lipinski definition) is 3. The molecule has 2 saturated heterocycles. The van der Waals surface area contributed by atoms with Gasteiger partial charge in [-0.1, -0.05) is 51.9 Å². The van der Waals surface area contributed by atoms with Crippen LogP contribution in [0.1, 0.15) is 71.1 Å². The number of hydroxylamine groups is 2. The lowest BCUT2D eigenvalue weighted by atomic mass is 9.94. The van der Waals surface area contributed by atoms with Crippen molar-refractivity contribution in [1.29, 1.82) is 0 Å². The standard InChI is InChI=1S/C15H29NO2/c1-2-3-4-5-6-7-8-9-13-10-15-11-14(12-17)16(13)18-15/h13-15,17H,2-12H2,1H3/t13-,14-,15+/m0/s1. The molecule has 2 aliphatic rings. The number of aliphatic hydroxyl groups excluding tert-OH is 1. The van der Waals surface area contributed by atoms with Gasteiger partial charge in [0.25, 0.3) is 0 Å². The highest BCUT2D eigenvalue weighted by Gasteiger charge is 2.44. The molecule has 0 aromatic rings. The van der Waals surface area contributed by atoms with Crippen LogP contribution in [0.4, 0.5) is 0 Å². The fraction of sp³-hybridized carbons (Fsp3) is 1.00. The zero-order chi connectivity index (χ0) is 12.8. The Morgan fingerprint density at radius 3 is 2.33 bits per heavy atom. The van der Waals surface area contributed by atoms with Crippen molar-refractivity contribution in [3.63, 3.8) is 0 Å². The Bertz CT molecular complexity index is 235. The topological polar surface area (TPSA) is 32.7 Å². The van der Waals surface area contributed by atoms with Crippen LogP contribution in [0.15, 0.2) is 0 Å². The highest BCUT2D eigenvalue weighted by molar-refractivity contribution is 4.90. The maximum atomic E-state index is 9.28. The van der Waals surface area contributed by atoms with Gasteiger partial charge in [-0.25, -0.2) is 0 Å². The molecule has 2 aliphatic heterocycles. The van der Waals surface area contributed by atoms with E-state index in [1.165, 1.54) is 57.8 Å². The van der Waals surface area contributed by atoms with Crippen LogP contribution in [0.2, 0.25) is 0 Å². The molecule has 18 heavy (non-hydrogen) atoms. The molecule has 2 rings (SSSR count). The zero-order valence-electron chi connectivity index (χ0n) is 11.8. The largest absolute Gasteiger partial charge is 0.395 e. The first-order valence-corrected chi connectivity index (χ1v) is 7.91. The quantitative estimate of drug-likeness (QED) is 0.642. The fourth-order valence-corrected chi connectivity index (χ4v) is 3.38. The molecule has 0 aromatic carbocycles. The van der Waals surface area contributed by atoms with Crippen molar-refractivity contribution in [2.24, 2.45) is 0 Å². The summed E-state index contributed by atoms with van der Waals surface area (Å²) in [6, 6.07) is 0.856. The minimum atomic E-state index is 0.254. The summed E-state index contributed by atoms with van der Waals surface area (Å²) in [7, 11) is 0. The van der Waals surface area contributed by atoms with Crippen molar-refractivity contribution in [1.82, 2.24) is 5.06 Å². The molecule has 4 atom stereocenters. The molecule has 0 amide bonds. The van der Waals surface area contributed by atoms with E-state index >= 15 is 0 Å². The van der Waals surface area contributed by atoms with E-state index in [0.717, 1.165) is 6.42 Å². The number of nitrogens with zero attached hydrogens (tertiary/aromatic N) is 1. The van der Waals surface area contributed by atoms with Gasteiger partial charge < -0.3 is 5.11 Å². The molecule has 2 fully saturated rings. The lowest BCUT2D eigenvalue weighted by molar-refractivity contribution is -0.141. The maximum Gasteiger partial charge on any atom is 0.0826 e. The lowest BCUT2D eigenvalue weighted by Crippen LogP contribution is -2.39. The van der Waals surface area contributed by atoms with Crippen molar-refractivity contribution >= 4 is 0 Å². The monoisotopic (exact) mass is 255 g/mol. The predicted molar refractivity (Wildman–Crippen MR) is 73.2 cm³/mol. The summed E-state index contributed by atoms with van der Waals surface area (Å²) >= 11 is 0. The van der Waals surface area contributed by atoms with Gasteiger partial charge in [0.05, 0.1) is 18.8 Å². The molecule has 1 unspecified atom stereocenters. The average Bonchev–Trinajstić information content (AvgIpc) is 2.97. The van der Waals surface area contributed by atoms with Crippen LogP contribution in [0.5, 0.6) is 0 Å². The van der Waals surface area contributed by atoms with E-state index in [-0.39, 0.29) is 12.6 Å². The SMILES string of the molecule is CCCCCCCCC[C@H]1C[C@@H]2C[C@@H](CO)N1O2. The molecule has 2 bridgehead atoms. The molecule has 1 N–H and O–H groups in total. The second-order valence-electron chi connectivity index (χ2n) is 5.96. The first-order chi connectivity index (χ1) is 8.85. The molecule has 2 heterocycles. The Kier molecular flexibility index (Phi) is 5.93. The van der Waals surface area contributed by atoms with Gasteiger partial charge in [-0.15, -0.1) is 0 Å². The Balaban J connectivity index is 1.52. The highest BCUT2D eigenvalue weighted by atomic mass is 16.7. The molecule has 0 radical (unpaired) electrons. The summed E-state index contributed by atoms with van der Waals surface area (Å²) in [4.78, 5) is 5.77. The second kappa shape index (κ2) is 7.46. The smallest absolute Gasteiger partial charge is 0.0826 e. The van der Waals surface area contributed by atoms with Gasteiger partial charge in [-0.05, 0) is 19.3 Å². The Morgan fingerprint density at radius 1 is 1.00 bits per heavy atom. The molecule has 106 valence electrons. The van der Waals surface area contributed by atoms with Gasteiger partial charge in [0.15, 0.2) is 0 Å². The number of piperidine rings is 1. The van der Waals surface area contributed by atoms with Crippen LogP contribution in [0.25, 0.3) is 0 Å². The van der Waals surface area contributed by atoms with Crippen LogP contribution in [0.3, 0.4) is 0 Å². The highest BCUT2D eigenvalue weighted by Crippen LogP contribution is 2.37. The molecule has 3 nitrogen and oxygen atoms in total. The Hall–Kier alpha value is -0.120. The van der Waals surface area contributed by atoms with Gasteiger partial charge >= 0.3 is 0 Å². The molecule has 0 aliphatic carbocycles. The van der Waals surface area contributed by atoms with Gasteiger partial charge in [0.2, 0.25) is 0 Å². The van der Waals surface area contributed by atoms with E-state index in [2.05, 4.69) is 12.0 Å².